The summed E-state index contributed by atoms with van der Waals surface area (Å²) >= 11 is 0. The minimum atomic E-state index is -0.660. The van der Waals surface area contributed by atoms with Crippen LogP contribution in [-0.4, -0.2) is 27.3 Å². The summed E-state index contributed by atoms with van der Waals surface area (Å²) in [7, 11) is 0. The molecule has 1 aromatic carbocycles. The van der Waals surface area contributed by atoms with Gasteiger partial charge in [0.2, 0.25) is 5.91 Å². The van der Waals surface area contributed by atoms with Crippen molar-refractivity contribution >= 4 is 11.7 Å². The molecular formula is C13H16N4O2. The van der Waals surface area contributed by atoms with Gasteiger partial charge in [0.25, 0.3) is 0 Å². The maximum atomic E-state index is 11.9. The first-order valence-electron chi connectivity index (χ1n) is 5.90. The zero-order valence-electron chi connectivity index (χ0n) is 10.6. The van der Waals surface area contributed by atoms with Gasteiger partial charge >= 0.3 is 0 Å². The molecule has 0 saturated carbocycles. The average Bonchev–Trinajstić information content (AvgIpc) is 2.78. The van der Waals surface area contributed by atoms with Crippen LogP contribution in [-0.2, 0) is 11.2 Å². The van der Waals surface area contributed by atoms with E-state index in [1.54, 1.807) is 30.5 Å². The number of aromatic nitrogens is 2. The number of nitrogens with zero attached hydrogens (tertiary/aromatic N) is 1. The second-order valence-electron chi connectivity index (χ2n) is 4.39. The third-order valence-electron chi connectivity index (χ3n) is 2.81. The number of nitrogens with two attached hydrogens (primary N) is 1. The van der Waals surface area contributed by atoms with Gasteiger partial charge in [0.05, 0.1) is 12.2 Å². The molecule has 6 heteroatoms. The van der Waals surface area contributed by atoms with E-state index in [0.717, 1.165) is 11.1 Å². The summed E-state index contributed by atoms with van der Waals surface area (Å²) in [6.07, 6.45) is 2.03. The normalized spacial score (nSPS) is 12.1. The van der Waals surface area contributed by atoms with E-state index in [0.29, 0.717) is 12.2 Å². The van der Waals surface area contributed by atoms with Crippen LogP contribution >= 0.6 is 0 Å². The summed E-state index contributed by atoms with van der Waals surface area (Å²) in [5.41, 5.74) is 7.59. The number of rotatable bonds is 4. The molecule has 100 valence electrons. The second kappa shape index (κ2) is 5.53. The average molecular weight is 260 g/mol. The van der Waals surface area contributed by atoms with Gasteiger partial charge in [0.1, 0.15) is 11.6 Å². The van der Waals surface area contributed by atoms with Crippen molar-refractivity contribution in [1.29, 1.82) is 0 Å². The van der Waals surface area contributed by atoms with E-state index in [1.807, 2.05) is 6.92 Å². The highest BCUT2D eigenvalue weighted by Gasteiger charge is 2.15. The molecule has 0 radical (unpaired) electrons. The van der Waals surface area contributed by atoms with Crippen LogP contribution < -0.4 is 11.1 Å². The molecule has 2 aromatic rings. The minimum Gasteiger partial charge on any atom is -0.508 e. The Labute approximate surface area is 110 Å². The standard InChI is InChI=1S/C13H16N4O2/c1-8-7-15-17-12(8)16-13(19)11(14)6-9-2-4-10(18)5-3-9/h2-5,7,11,18H,6,14H2,1H3,(H2,15,16,17,19). The fraction of sp³-hybridized carbons (Fsp3) is 0.231. The molecule has 5 N–H and O–H groups in total. The van der Waals surface area contributed by atoms with E-state index in [4.69, 9.17) is 5.73 Å². The summed E-state index contributed by atoms with van der Waals surface area (Å²) in [6, 6.07) is 5.96. The topological polar surface area (TPSA) is 104 Å². The van der Waals surface area contributed by atoms with E-state index < -0.39 is 6.04 Å². The van der Waals surface area contributed by atoms with E-state index in [2.05, 4.69) is 15.5 Å². The van der Waals surface area contributed by atoms with Crippen LogP contribution in [0.2, 0.25) is 0 Å². The molecule has 0 aliphatic rings. The number of anilines is 1. The fourth-order valence-corrected chi connectivity index (χ4v) is 1.67. The van der Waals surface area contributed by atoms with Crippen LogP contribution in [0.5, 0.6) is 5.75 Å². The first-order valence-corrected chi connectivity index (χ1v) is 5.90. The molecule has 0 aliphatic carbocycles. The lowest BCUT2D eigenvalue weighted by molar-refractivity contribution is -0.117. The van der Waals surface area contributed by atoms with E-state index in [-0.39, 0.29) is 11.7 Å². The van der Waals surface area contributed by atoms with Crippen molar-refractivity contribution < 1.29 is 9.90 Å². The van der Waals surface area contributed by atoms with Crippen LogP contribution in [0.15, 0.2) is 30.5 Å². The largest absolute Gasteiger partial charge is 0.508 e. The molecule has 1 unspecified atom stereocenters. The van der Waals surface area contributed by atoms with Gasteiger partial charge in [0.15, 0.2) is 0 Å². The third kappa shape index (κ3) is 3.32. The number of hydrogen-bond acceptors (Lipinski definition) is 4. The first kappa shape index (κ1) is 13.1. The number of H-pyrrole nitrogens is 1. The molecular weight excluding hydrogens is 244 g/mol. The van der Waals surface area contributed by atoms with Crippen molar-refractivity contribution in [3.8, 4) is 5.75 Å². The van der Waals surface area contributed by atoms with Gasteiger partial charge < -0.3 is 16.2 Å². The predicted octanol–water partition coefficient (Wildman–Crippen LogP) is 0.932. The third-order valence-corrected chi connectivity index (χ3v) is 2.81. The Bertz CT molecular complexity index is 562. The highest BCUT2D eigenvalue weighted by atomic mass is 16.3. The number of aromatic amines is 1. The maximum Gasteiger partial charge on any atom is 0.242 e. The molecule has 0 saturated heterocycles. The summed E-state index contributed by atoms with van der Waals surface area (Å²) in [4.78, 5) is 11.9. The van der Waals surface area contributed by atoms with Gasteiger partial charge in [0, 0.05) is 5.56 Å². The van der Waals surface area contributed by atoms with Crippen LogP contribution in [0.3, 0.4) is 0 Å². The van der Waals surface area contributed by atoms with Crippen LogP contribution in [0, 0.1) is 6.92 Å². The lowest BCUT2D eigenvalue weighted by Crippen LogP contribution is -2.37. The second-order valence-corrected chi connectivity index (χ2v) is 4.39. The minimum absolute atomic E-state index is 0.190. The van der Waals surface area contributed by atoms with Gasteiger partial charge in [-0.05, 0) is 31.0 Å². The molecule has 2 rings (SSSR count). The Balaban J connectivity index is 1.96. The number of hydrogen-bond donors (Lipinski definition) is 4. The predicted molar refractivity (Wildman–Crippen MR) is 71.7 cm³/mol. The van der Waals surface area contributed by atoms with E-state index in [9.17, 15) is 9.90 Å². The monoisotopic (exact) mass is 260 g/mol. The van der Waals surface area contributed by atoms with Crippen molar-refractivity contribution in [2.24, 2.45) is 5.73 Å². The number of phenolic OH excluding ortho intramolecular Hbond substituents is 1. The number of nitrogens with one attached hydrogen (secondary N) is 2. The van der Waals surface area contributed by atoms with Gasteiger partial charge in [-0.2, -0.15) is 5.10 Å². The summed E-state index contributed by atoms with van der Waals surface area (Å²) in [5, 5.41) is 18.4. The summed E-state index contributed by atoms with van der Waals surface area (Å²) in [5.74, 6) is 0.474. The van der Waals surface area contributed by atoms with Crippen molar-refractivity contribution in [1.82, 2.24) is 10.2 Å². The SMILES string of the molecule is Cc1cn[nH]c1NC(=O)C(N)Cc1ccc(O)cc1. The molecule has 0 spiro atoms. The van der Waals surface area contributed by atoms with Gasteiger partial charge in [-0.15, -0.1) is 0 Å². The smallest absolute Gasteiger partial charge is 0.242 e. The summed E-state index contributed by atoms with van der Waals surface area (Å²) < 4.78 is 0. The Hall–Kier alpha value is -2.34. The highest BCUT2D eigenvalue weighted by Crippen LogP contribution is 2.12. The molecule has 6 nitrogen and oxygen atoms in total. The lowest BCUT2D eigenvalue weighted by Gasteiger charge is -2.11. The van der Waals surface area contributed by atoms with Gasteiger partial charge in [-0.1, -0.05) is 12.1 Å². The van der Waals surface area contributed by atoms with Gasteiger partial charge in [-0.3, -0.25) is 9.89 Å². The van der Waals surface area contributed by atoms with E-state index >= 15 is 0 Å². The van der Waals surface area contributed by atoms with Crippen molar-refractivity contribution in [2.75, 3.05) is 5.32 Å². The van der Waals surface area contributed by atoms with Crippen LogP contribution in [0.1, 0.15) is 11.1 Å². The molecule has 1 heterocycles. The zero-order chi connectivity index (χ0) is 13.8. The molecule has 0 fully saturated rings. The summed E-state index contributed by atoms with van der Waals surface area (Å²) in [6.45, 7) is 1.84. The lowest BCUT2D eigenvalue weighted by atomic mass is 10.1. The fourth-order valence-electron chi connectivity index (χ4n) is 1.67. The number of carbonyl (C=O) groups is 1. The number of benzene rings is 1. The maximum absolute atomic E-state index is 11.9. The quantitative estimate of drug-likeness (QED) is 0.656. The van der Waals surface area contributed by atoms with Gasteiger partial charge in [-0.25, -0.2) is 0 Å². The Morgan fingerprint density at radius 2 is 2.16 bits per heavy atom. The molecule has 1 aromatic heterocycles. The number of aryl methyl sites for hydroxylation is 1. The molecule has 19 heavy (non-hydrogen) atoms. The number of carbonyl (C=O) groups excluding carboxylic acids is 1. The van der Waals surface area contributed by atoms with Crippen molar-refractivity contribution in [3.05, 3.63) is 41.6 Å². The first-order chi connectivity index (χ1) is 9.06. The molecule has 1 atom stereocenters. The molecule has 0 aliphatic heterocycles. The van der Waals surface area contributed by atoms with E-state index in [1.165, 1.54) is 0 Å². The number of phenols is 1. The van der Waals surface area contributed by atoms with Crippen LogP contribution in [0.4, 0.5) is 5.82 Å². The zero-order valence-corrected chi connectivity index (χ0v) is 10.6. The van der Waals surface area contributed by atoms with Crippen molar-refractivity contribution in [3.63, 3.8) is 0 Å². The Kier molecular flexibility index (Phi) is 3.82. The molecule has 1 amide bonds. The Morgan fingerprint density at radius 3 is 2.74 bits per heavy atom. The number of aromatic hydroxyl groups is 1. The molecule has 0 bridgehead atoms. The number of amides is 1. The highest BCUT2D eigenvalue weighted by molar-refractivity contribution is 5.94. The van der Waals surface area contributed by atoms with Crippen LogP contribution in [0.25, 0.3) is 0 Å². The van der Waals surface area contributed by atoms with Crippen molar-refractivity contribution in [2.45, 2.75) is 19.4 Å². The Morgan fingerprint density at radius 1 is 1.47 bits per heavy atom.